The zero-order valence-electron chi connectivity index (χ0n) is 10.9. The van der Waals surface area contributed by atoms with Gasteiger partial charge in [0.2, 0.25) is 5.88 Å². The van der Waals surface area contributed by atoms with Crippen LogP contribution in [0.4, 0.5) is 0 Å². The zero-order chi connectivity index (χ0) is 14.7. The average molecular weight is 277 g/mol. The van der Waals surface area contributed by atoms with E-state index < -0.39 is 29.0 Å². The summed E-state index contributed by atoms with van der Waals surface area (Å²) in [6.45, 7) is 1.54. The van der Waals surface area contributed by atoms with Crippen LogP contribution in [-0.4, -0.2) is 38.2 Å². The van der Waals surface area contributed by atoms with Gasteiger partial charge in [-0.3, -0.25) is 14.0 Å². The fraction of sp³-hybridized carbons (Fsp3) is 0.308. The van der Waals surface area contributed by atoms with E-state index >= 15 is 0 Å². The van der Waals surface area contributed by atoms with Crippen molar-refractivity contribution < 1.29 is 15.0 Å². The normalized spacial score (nSPS) is 12.3. The second-order valence-electron chi connectivity index (χ2n) is 4.31. The number of carbonyl (C=O) groups excluding carboxylic acids is 1. The summed E-state index contributed by atoms with van der Waals surface area (Å²) in [5.41, 5.74) is -0.834. The number of nitrogens with zero attached hydrogens (tertiary/aromatic N) is 2. The fourth-order valence-electron chi connectivity index (χ4n) is 1.81. The highest BCUT2D eigenvalue weighted by Crippen LogP contribution is 2.11. The minimum atomic E-state index is -0.751. The molecule has 1 amide bonds. The first kappa shape index (κ1) is 14.0. The predicted octanol–water partition coefficient (Wildman–Crippen LogP) is -0.0992. The predicted molar refractivity (Wildman–Crippen MR) is 71.8 cm³/mol. The van der Waals surface area contributed by atoms with Crippen molar-refractivity contribution in [3.05, 3.63) is 40.3 Å². The van der Waals surface area contributed by atoms with Crippen LogP contribution in [0.2, 0.25) is 0 Å². The van der Waals surface area contributed by atoms with Gasteiger partial charge >= 0.3 is 0 Å². The van der Waals surface area contributed by atoms with E-state index in [9.17, 15) is 14.7 Å². The quantitative estimate of drug-likeness (QED) is 0.724. The van der Waals surface area contributed by atoms with E-state index in [0.29, 0.717) is 6.42 Å². The summed E-state index contributed by atoms with van der Waals surface area (Å²) in [5.74, 6) is -1.37. The number of nitrogens with one attached hydrogen (secondary N) is 1. The molecule has 0 fully saturated rings. The van der Waals surface area contributed by atoms with Gasteiger partial charge in [0, 0.05) is 6.20 Å². The second kappa shape index (κ2) is 5.70. The molecule has 2 aromatic rings. The number of carbonyl (C=O) groups is 1. The third-order valence-electron chi connectivity index (χ3n) is 2.99. The Kier molecular flexibility index (Phi) is 3.99. The van der Waals surface area contributed by atoms with Gasteiger partial charge in [-0.1, -0.05) is 13.0 Å². The van der Waals surface area contributed by atoms with Crippen molar-refractivity contribution in [3.8, 4) is 5.88 Å². The molecule has 0 saturated heterocycles. The van der Waals surface area contributed by atoms with E-state index in [2.05, 4.69) is 10.3 Å². The van der Waals surface area contributed by atoms with Crippen molar-refractivity contribution in [1.82, 2.24) is 14.7 Å². The van der Waals surface area contributed by atoms with Crippen LogP contribution < -0.4 is 10.9 Å². The minimum Gasteiger partial charge on any atom is -0.493 e. The number of pyridine rings is 1. The van der Waals surface area contributed by atoms with Gasteiger partial charge in [-0.05, 0) is 18.6 Å². The van der Waals surface area contributed by atoms with Crippen molar-refractivity contribution in [3.63, 3.8) is 0 Å². The van der Waals surface area contributed by atoms with E-state index in [1.54, 1.807) is 25.1 Å². The summed E-state index contributed by atoms with van der Waals surface area (Å²) >= 11 is 0. The van der Waals surface area contributed by atoms with Gasteiger partial charge < -0.3 is 15.5 Å². The molecule has 0 bridgehead atoms. The van der Waals surface area contributed by atoms with E-state index in [0.717, 1.165) is 0 Å². The smallest absolute Gasteiger partial charge is 0.274 e. The second-order valence-corrected chi connectivity index (χ2v) is 4.31. The van der Waals surface area contributed by atoms with Crippen molar-refractivity contribution in [2.45, 2.75) is 19.4 Å². The van der Waals surface area contributed by atoms with Crippen LogP contribution in [-0.2, 0) is 0 Å². The molecule has 2 rings (SSSR count). The van der Waals surface area contributed by atoms with Crippen LogP contribution in [0.15, 0.2) is 29.2 Å². The summed E-state index contributed by atoms with van der Waals surface area (Å²) in [7, 11) is 0. The number of aliphatic hydroxyl groups excluding tert-OH is 1. The van der Waals surface area contributed by atoms with Crippen LogP contribution in [0.5, 0.6) is 5.88 Å². The number of hydrogen-bond donors (Lipinski definition) is 3. The SMILES string of the molecule is CC[C@@H](CO)NC(=O)c1c(O)nc2ccccn2c1=O. The number of aromatic nitrogens is 2. The molecule has 0 unspecified atom stereocenters. The lowest BCUT2D eigenvalue weighted by Crippen LogP contribution is -2.40. The van der Waals surface area contributed by atoms with Crippen LogP contribution in [0.3, 0.4) is 0 Å². The summed E-state index contributed by atoms with van der Waals surface area (Å²) < 4.78 is 1.18. The Morgan fingerprint density at radius 1 is 1.50 bits per heavy atom. The molecule has 0 aliphatic heterocycles. The molecule has 20 heavy (non-hydrogen) atoms. The zero-order valence-corrected chi connectivity index (χ0v) is 10.9. The van der Waals surface area contributed by atoms with E-state index in [1.165, 1.54) is 10.6 Å². The standard InChI is InChI=1S/C13H15N3O4/c1-2-8(7-17)14-11(18)10-12(19)15-9-5-3-4-6-16(9)13(10)20/h3-6,8,17,19H,2,7H2,1H3,(H,14,18)/t8-/m0/s1. The van der Waals surface area contributed by atoms with E-state index in [1.807, 2.05) is 0 Å². The molecule has 7 heteroatoms. The Labute approximate surface area is 114 Å². The Balaban J connectivity index is 2.49. The maximum absolute atomic E-state index is 12.2. The van der Waals surface area contributed by atoms with Crippen molar-refractivity contribution >= 4 is 11.6 Å². The van der Waals surface area contributed by atoms with Crippen molar-refractivity contribution in [2.75, 3.05) is 6.61 Å². The van der Waals surface area contributed by atoms with Crippen LogP contribution in [0, 0.1) is 0 Å². The van der Waals surface area contributed by atoms with Gasteiger partial charge in [0.05, 0.1) is 12.6 Å². The average Bonchev–Trinajstić information content (AvgIpc) is 2.44. The lowest BCUT2D eigenvalue weighted by Gasteiger charge is -2.14. The number of rotatable bonds is 4. The third-order valence-corrected chi connectivity index (χ3v) is 2.99. The number of hydrogen-bond acceptors (Lipinski definition) is 5. The fourth-order valence-corrected chi connectivity index (χ4v) is 1.81. The van der Waals surface area contributed by atoms with Crippen LogP contribution >= 0.6 is 0 Å². The van der Waals surface area contributed by atoms with Crippen LogP contribution in [0.25, 0.3) is 5.65 Å². The van der Waals surface area contributed by atoms with Crippen molar-refractivity contribution in [2.24, 2.45) is 0 Å². The molecule has 0 aromatic carbocycles. The number of amides is 1. The summed E-state index contributed by atoms with van der Waals surface area (Å²) in [6.07, 6.45) is 1.97. The molecule has 0 aliphatic carbocycles. The Morgan fingerprint density at radius 2 is 2.25 bits per heavy atom. The van der Waals surface area contributed by atoms with Gasteiger partial charge in [0.15, 0.2) is 5.56 Å². The lowest BCUT2D eigenvalue weighted by atomic mass is 10.2. The first-order chi connectivity index (χ1) is 9.58. The Bertz CT molecular complexity index is 692. The van der Waals surface area contributed by atoms with Gasteiger partial charge in [-0.25, -0.2) is 0 Å². The van der Waals surface area contributed by atoms with E-state index in [-0.39, 0.29) is 12.3 Å². The molecular formula is C13H15N3O4. The molecule has 0 aliphatic rings. The number of aromatic hydroxyl groups is 1. The molecule has 2 aromatic heterocycles. The summed E-state index contributed by atoms with van der Waals surface area (Å²) in [6, 6.07) is 4.36. The summed E-state index contributed by atoms with van der Waals surface area (Å²) in [5, 5.41) is 21.3. The van der Waals surface area contributed by atoms with Crippen LogP contribution in [0.1, 0.15) is 23.7 Å². The van der Waals surface area contributed by atoms with E-state index in [4.69, 9.17) is 5.11 Å². The highest BCUT2D eigenvalue weighted by Gasteiger charge is 2.21. The van der Waals surface area contributed by atoms with Gasteiger partial charge in [-0.2, -0.15) is 4.98 Å². The molecule has 106 valence electrons. The molecule has 3 N–H and O–H groups in total. The minimum absolute atomic E-state index is 0.245. The lowest BCUT2D eigenvalue weighted by molar-refractivity contribution is 0.0909. The number of aliphatic hydroxyl groups is 1. The molecule has 0 radical (unpaired) electrons. The molecular weight excluding hydrogens is 262 g/mol. The third kappa shape index (κ3) is 2.48. The van der Waals surface area contributed by atoms with Crippen molar-refractivity contribution in [1.29, 1.82) is 0 Å². The molecule has 0 spiro atoms. The van der Waals surface area contributed by atoms with Gasteiger partial charge in [0.25, 0.3) is 11.5 Å². The Morgan fingerprint density at radius 3 is 2.90 bits per heavy atom. The maximum atomic E-state index is 12.2. The van der Waals surface area contributed by atoms with Gasteiger partial charge in [-0.15, -0.1) is 0 Å². The summed E-state index contributed by atoms with van der Waals surface area (Å²) in [4.78, 5) is 28.0. The Hall–Kier alpha value is -2.41. The molecule has 2 heterocycles. The largest absolute Gasteiger partial charge is 0.493 e. The van der Waals surface area contributed by atoms with Gasteiger partial charge in [0.1, 0.15) is 5.65 Å². The number of fused-ring (bicyclic) bond motifs is 1. The molecule has 0 saturated carbocycles. The molecule has 1 atom stereocenters. The molecule has 7 nitrogen and oxygen atoms in total. The highest BCUT2D eigenvalue weighted by molar-refractivity contribution is 5.96. The highest BCUT2D eigenvalue weighted by atomic mass is 16.3. The maximum Gasteiger partial charge on any atom is 0.274 e. The monoisotopic (exact) mass is 277 g/mol. The topological polar surface area (TPSA) is 104 Å². The first-order valence-corrected chi connectivity index (χ1v) is 6.20. The first-order valence-electron chi connectivity index (χ1n) is 6.20.